The van der Waals surface area contributed by atoms with Gasteiger partial charge in [-0.05, 0) is 31.0 Å². The largest absolute Gasteiger partial charge is 0.492 e. The van der Waals surface area contributed by atoms with Crippen LogP contribution >= 0.6 is 11.6 Å². The van der Waals surface area contributed by atoms with Gasteiger partial charge >= 0.3 is 0 Å². The summed E-state index contributed by atoms with van der Waals surface area (Å²) in [6.07, 6.45) is 1.78. The summed E-state index contributed by atoms with van der Waals surface area (Å²) in [6, 6.07) is 5.77. The fourth-order valence-corrected chi connectivity index (χ4v) is 1.52. The Labute approximate surface area is 90.0 Å². The molecule has 0 heterocycles. The highest BCUT2D eigenvalue weighted by atomic mass is 35.5. The minimum Gasteiger partial charge on any atom is -0.492 e. The van der Waals surface area contributed by atoms with Gasteiger partial charge in [-0.15, -0.1) is 0 Å². The molecule has 0 saturated heterocycles. The van der Waals surface area contributed by atoms with Crippen molar-refractivity contribution in [1.82, 2.24) is 0 Å². The zero-order valence-electron chi connectivity index (χ0n) is 8.42. The van der Waals surface area contributed by atoms with Crippen molar-refractivity contribution in [3.8, 4) is 5.75 Å². The van der Waals surface area contributed by atoms with E-state index in [1.165, 1.54) is 0 Å². The lowest BCUT2D eigenvalue weighted by molar-refractivity contribution is 0.314. The number of para-hydroxylation sites is 1. The van der Waals surface area contributed by atoms with E-state index in [0.29, 0.717) is 18.2 Å². The van der Waals surface area contributed by atoms with Crippen LogP contribution < -0.4 is 10.5 Å². The zero-order chi connectivity index (χ0) is 10.4. The Balaban J connectivity index is 2.84. The van der Waals surface area contributed by atoms with Crippen molar-refractivity contribution in [3.63, 3.8) is 0 Å². The first-order chi connectivity index (χ1) is 6.79. The first-order valence-corrected chi connectivity index (χ1v) is 5.27. The third-order valence-corrected chi connectivity index (χ3v) is 2.21. The first kappa shape index (κ1) is 11.3. The minimum absolute atomic E-state index is 0.614. The molecule has 1 aromatic rings. The first-order valence-electron chi connectivity index (χ1n) is 4.89. The van der Waals surface area contributed by atoms with Crippen LogP contribution in [0.15, 0.2) is 18.2 Å². The van der Waals surface area contributed by atoms with Crippen molar-refractivity contribution in [3.05, 3.63) is 28.8 Å². The van der Waals surface area contributed by atoms with Crippen LogP contribution in [0.4, 0.5) is 0 Å². The number of hydrogen-bond donors (Lipinski definition) is 1. The molecule has 0 aliphatic heterocycles. The van der Waals surface area contributed by atoms with Gasteiger partial charge in [-0.3, -0.25) is 0 Å². The van der Waals surface area contributed by atoms with E-state index >= 15 is 0 Å². The Morgan fingerprint density at radius 2 is 2.21 bits per heavy atom. The fourth-order valence-electron chi connectivity index (χ4n) is 1.27. The summed E-state index contributed by atoms with van der Waals surface area (Å²) in [4.78, 5) is 0. The molecule has 0 aliphatic carbocycles. The van der Waals surface area contributed by atoms with Gasteiger partial charge in [0.15, 0.2) is 0 Å². The Hall–Kier alpha value is -0.730. The summed E-state index contributed by atoms with van der Waals surface area (Å²) in [6.45, 7) is 3.38. The Morgan fingerprint density at radius 1 is 1.43 bits per heavy atom. The molecule has 0 bridgehead atoms. The number of halogens is 1. The predicted molar refractivity (Wildman–Crippen MR) is 60.0 cm³/mol. The summed E-state index contributed by atoms with van der Waals surface area (Å²) >= 11 is 6.04. The summed E-state index contributed by atoms with van der Waals surface area (Å²) in [7, 11) is 0. The predicted octanol–water partition coefficient (Wildman–Crippen LogP) is 2.63. The highest BCUT2D eigenvalue weighted by Gasteiger charge is 2.06. The quantitative estimate of drug-likeness (QED) is 0.816. The smallest absolute Gasteiger partial charge is 0.141 e. The van der Waals surface area contributed by atoms with Crippen molar-refractivity contribution >= 4 is 11.6 Å². The molecule has 0 radical (unpaired) electrons. The van der Waals surface area contributed by atoms with E-state index in [2.05, 4.69) is 6.92 Å². The van der Waals surface area contributed by atoms with Crippen molar-refractivity contribution in [2.75, 3.05) is 13.2 Å². The lowest BCUT2D eigenvalue weighted by atomic mass is 10.1. The summed E-state index contributed by atoms with van der Waals surface area (Å²) < 4.78 is 5.58. The van der Waals surface area contributed by atoms with Crippen LogP contribution in [0.25, 0.3) is 0 Å². The van der Waals surface area contributed by atoms with Crippen molar-refractivity contribution in [2.24, 2.45) is 5.73 Å². The Bertz CT molecular complexity index is 289. The van der Waals surface area contributed by atoms with Crippen LogP contribution in [0, 0.1) is 0 Å². The lowest BCUT2D eigenvalue weighted by Gasteiger charge is -2.11. The maximum Gasteiger partial charge on any atom is 0.141 e. The van der Waals surface area contributed by atoms with E-state index in [0.717, 1.165) is 24.2 Å². The second kappa shape index (κ2) is 5.89. The fraction of sp³-hybridized carbons (Fsp3) is 0.455. The van der Waals surface area contributed by atoms with Gasteiger partial charge < -0.3 is 10.5 Å². The van der Waals surface area contributed by atoms with Crippen molar-refractivity contribution in [2.45, 2.75) is 19.8 Å². The van der Waals surface area contributed by atoms with Crippen LogP contribution in [0.2, 0.25) is 5.02 Å². The molecule has 0 atom stereocenters. The lowest BCUT2D eigenvalue weighted by Crippen LogP contribution is -2.06. The van der Waals surface area contributed by atoms with Crippen LogP contribution in [0.1, 0.15) is 18.9 Å². The van der Waals surface area contributed by atoms with E-state index in [1.54, 1.807) is 0 Å². The molecule has 0 unspecified atom stereocenters. The van der Waals surface area contributed by atoms with Gasteiger partial charge in [0.25, 0.3) is 0 Å². The third kappa shape index (κ3) is 2.89. The molecule has 2 N–H and O–H groups in total. The summed E-state index contributed by atoms with van der Waals surface area (Å²) in [5.41, 5.74) is 6.60. The number of hydrogen-bond acceptors (Lipinski definition) is 2. The van der Waals surface area contributed by atoms with Crippen LogP contribution in [-0.2, 0) is 6.42 Å². The van der Waals surface area contributed by atoms with Gasteiger partial charge in [0, 0.05) is 0 Å². The van der Waals surface area contributed by atoms with Crippen molar-refractivity contribution < 1.29 is 4.74 Å². The average molecular weight is 214 g/mol. The summed E-state index contributed by atoms with van der Waals surface area (Å²) in [5, 5.41) is 0.671. The second-order valence-corrected chi connectivity index (χ2v) is 3.52. The van der Waals surface area contributed by atoms with Gasteiger partial charge in [-0.1, -0.05) is 30.7 Å². The van der Waals surface area contributed by atoms with E-state index in [-0.39, 0.29) is 0 Å². The molecule has 0 aromatic heterocycles. The molecule has 0 amide bonds. The van der Waals surface area contributed by atoms with E-state index in [4.69, 9.17) is 22.1 Å². The number of rotatable bonds is 5. The maximum atomic E-state index is 6.04. The third-order valence-electron chi connectivity index (χ3n) is 1.91. The van der Waals surface area contributed by atoms with Crippen LogP contribution in [0.5, 0.6) is 5.75 Å². The SMILES string of the molecule is CCCOc1c(Cl)cccc1CCN. The molecule has 1 rings (SSSR count). The maximum absolute atomic E-state index is 6.04. The van der Waals surface area contributed by atoms with E-state index < -0.39 is 0 Å². The molecular weight excluding hydrogens is 198 g/mol. The molecule has 2 nitrogen and oxygen atoms in total. The van der Waals surface area contributed by atoms with E-state index in [9.17, 15) is 0 Å². The van der Waals surface area contributed by atoms with Gasteiger partial charge in [0.1, 0.15) is 5.75 Å². The molecule has 78 valence electrons. The van der Waals surface area contributed by atoms with Gasteiger partial charge in [-0.25, -0.2) is 0 Å². The summed E-state index contributed by atoms with van der Waals surface area (Å²) in [5.74, 6) is 0.793. The normalized spacial score (nSPS) is 10.2. The Morgan fingerprint density at radius 3 is 2.86 bits per heavy atom. The molecule has 0 saturated carbocycles. The van der Waals surface area contributed by atoms with Crippen LogP contribution in [0.3, 0.4) is 0 Å². The number of benzene rings is 1. The number of ether oxygens (including phenoxy) is 1. The highest BCUT2D eigenvalue weighted by molar-refractivity contribution is 6.32. The Kier molecular flexibility index (Phi) is 4.77. The topological polar surface area (TPSA) is 35.2 Å². The highest BCUT2D eigenvalue weighted by Crippen LogP contribution is 2.28. The molecule has 0 spiro atoms. The van der Waals surface area contributed by atoms with E-state index in [1.807, 2.05) is 18.2 Å². The molecule has 0 aliphatic rings. The standard InChI is InChI=1S/C11H16ClNO/c1-2-8-14-11-9(6-7-13)4-3-5-10(11)12/h3-5H,2,6-8,13H2,1H3. The molecule has 14 heavy (non-hydrogen) atoms. The van der Waals surface area contributed by atoms with Gasteiger partial charge in [0.05, 0.1) is 11.6 Å². The monoisotopic (exact) mass is 213 g/mol. The molecular formula is C11H16ClNO. The van der Waals surface area contributed by atoms with Gasteiger partial charge in [-0.2, -0.15) is 0 Å². The van der Waals surface area contributed by atoms with Crippen molar-refractivity contribution in [1.29, 1.82) is 0 Å². The molecule has 0 fully saturated rings. The number of nitrogens with two attached hydrogens (primary N) is 1. The average Bonchev–Trinajstić information content (AvgIpc) is 2.18. The molecule has 3 heteroatoms. The van der Waals surface area contributed by atoms with Gasteiger partial charge in [0.2, 0.25) is 0 Å². The minimum atomic E-state index is 0.614. The van der Waals surface area contributed by atoms with Crippen LogP contribution in [-0.4, -0.2) is 13.2 Å². The zero-order valence-corrected chi connectivity index (χ0v) is 9.18. The molecule has 1 aromatic carbocycles. The second-order valence-electron chi connectivity index (χ2n) is 3.12.